The normalized spacial score (nSPS) is 12.6. The predicted octanol–water partition coefficient (Wildman–Crippen LogP) is 24.6. The van der Waals surface area contributed by atoms with Crippen molar-refractivity contribution in [2.24, 2.45) is 0 Å². The summed E-state index contributed by atoms with van der Waals surface area (Å²) in [7, 11) is 0. The first-order valence-corrected chi connectivity index (χ1v) is 35.6. The molecule has 1 atom stereocenters. The molecule has 474 valence electrons. The summed E-state index contributed by atoms with van der Waals surface area (Å²) in [5.74, 6) is -0.934. The van der Waals surface area contributed by atoms with Gasteiger partial charge in [0.2, 0.25) is 0 Å². The van der Waals surface area contributed by atoms with Gasteiger partial charge in [0.25, 0.3) is 0 Å². The molecule has 0 spiro atoms. The van der Waals surface area contributed by atoms with Crippen molar-refractivity contribution in [2.75, 3.05) is 13.2 Å². The molecule has 0 N–H and O–H groups in total. The van der Waals surface area contributed by atoms with E-state index >= 15 is 0 Å². The Bertz CT molecular complexity index is 1550. The summed E-state index contributed by atoms with van der Waals surface area (Å²) in [5.41, 5.74) is 0. The van der Waals surface area contributed by atoms with E-state index in [1.54, 1.807) is 0 Å². The number of allylic oxidation sites excluding steroid dienone is 14. The van der Waals surface area contributed by atoms with Crippen molar-refractivity contribution in [3.8, 4) is 0 Å². The van der Waals surface area contributed by atoms with Gasteiger partial charge in [-0.2, -0.15) is 0 Å². The average Bonchev–Trinajstić information content (AvgIpc) is 3.48. The predicted molar refractivity (Wildman–Crippen MR) is 358 cm³/mol. The summed E-state index contributed by atoms with van der Waals surface area (Å²) in [6.45, 7) is 6.52. The van der Waals surface area contributed by atoms with Gasteiger partial charge < -0.3 is 14.2 Å². The van der Waals surface area contributed by atoms with E-state index in [0.717, 1.165) is 83.5 Å². The van der Waals surface area contributed by atoms with Gasteiger partial charge in [-0.05, 0) is 89.9 Å². The zero-order valence-corrected chi connectivity index (χ0v) is 54.5. The first kappa shape index (κ1) is 78.6. The molecule has 0 fully saturated rings. The molecule has 82 heavy (non-hydrogen) atoms. The third kappa shape index (κ3) is 67.4. The topological polar surface area (TPSA) is 78.9 Å². The maximum absolute atomic E-state index is 12.9. The fraction of sp³-hybridized carbons (Fsp3) is 0.776. The van der Waals surface area contributed by atoms with Gasteiger partial charge in [-0.3, -0.25) is 14.4 Å². The van der Waals surface area contributed by atoms with Gasteiger partial charge in [-0.15, -0.1) is 0 Å². The molecule has 0 rings (SSSR count). The van der Waals surface area contributed by atoms with Crippen molar-refractivity contribution in [1.29, 1.82) is 0 Å². The van der Waals surface area contributed by atoms with Crippen molar-refractivity contribution in [1.82, 2.24) is 0 Å². The summed E-state index contributed by atoms with van der Waals surface area (Å²) in [6.07, 6.45) is 93.5. The Hall–Kier alpha value is -3.41. The van der Waals surface area contributed by atoms with Crippen molar-refractivity contribution >= 4 is 17.9 Å². The molecule has 0 aromatic heterocycles. The second kappa shape index (κ2) is 70.1. The summed E-state index contributed by atoms with van der Waals surface area (Å²) < 4.78 is 16.9. The molecule has 0 amide bonds. The Morgan fingerprint density at radius 2 is 0.488 bits per heavy atom. The van der Waals surface area contributed by atoms with Crippen molar-refractivity contribution in [3.05, 3.63) is 85.1 Å². The molecule has 0 radical (unpaired) electrons. The van der Waals surface area contributed by atoms with Gasteiger partial charge in [-0.25, -0.2) is 0 Å². The van der Waals surface area contributed by atoms with Crippen LogP contribution in [0.3, 0.4) is 0 Å². The lowest BCUT2D eigenvalue weighted by atomic mass is 10.0. The highest BCUT2D eigenvalue weighted by Crippen LogP contribution is 2.18. The van der Waals surface area contributed by atoms with Gasteiger partial charge >= 0.3 is 17.9 Å². The van der Waals surface area contributed by atoms with Gasteiger partial charge in [0.05, 0.1) is 0 Å². The fourth-order valence-corrected chi connectivity index (χ4v) is 10.3. The molecule has 0 bridgehead atoms. The van der Waals surface area contributed by atoms with Crippen molar-refractivity contribution in [2.45, 2.75) is 367 Å². The summed E-state index contributed by atoms with van der Waals surface area (Å²) >= 11 is 0. The van der Waals surface area contributed by atoms with E-state index in [1.165, 1.54) is 231 Å². The molecule has 0 saturated heterocycles. The molecule has 6 heteroatoms. The van der Waals surface area contributed by atoms with Crippen LogP contribution < -0.4 is 0 Å². The third-order valence-corrected chi connectivity index (χ3v) is 15.6. The molecule has 0 heterocycles. The van der Waals surface area contributed by atoms with Crippen molar-refractivity contribution < 1.29 is 28.6 Å². The van der Waals surface area contributed by atoms with E-state index in [0.29, 0.717) is 19.3 Å². The van der Waals surface area contributed by atoms with Crippen LogP contribution in [0.1, 0.15) is 361 Å². The second-order valence-electron chi connectivity index (χ2n) is 23.8. The summed E-state index contributed by atoms with van der Waals surface area (Å²) in [5, 5.41) is 0. The van der Waals surface area contributed by atoms with Crippen LogP contribution >= 0.6 is 0 Å². The number of esters is 3. The van der Waals surface area contributed by atoms with Crippen LogP contribution in [0, 0.1) is 0 Å². The molecular weight excluding hydrogens is 1010 g/mol. The number of unbranched alkanes of at least 4 members (excludes halogenated alkanes) is 40. The number of hydrogen-bond donors (Lipinski definition) is 0. The lowest BCUT2D eigenvalue weighted by molar-refractivity contribution is -0.167. The maximum Gasteiger partial charge on any atom is 0.306 e. The minimum atomic E-state index is -0.805. The lowest BCUT2D eigenvalue weighted by Crippen LogP contribution is -2.30. The van der Waals surface area contributed by atoms with E-state index in [1.807, 2.05) is 0 Å². The van der Waals surface area contributed by atoms with E-state index < -0.39 is 6.10 Å². The largest absolute Gasteiger partial charge is 0.462 e. The quantitative estimate of drug-likeness (QED) is 0.0261. The molecule has 0 aliphatic rings. The van der Waals surface area contributed by atoms with E-state index in [4.69, 9.17) is 14.2 Å². The zero-order valence-electron chi connectivity index (χ0n) is 54.5. The minimum absolute atomic E-state index is 0.0944. The second-order valence-corrected chi connectivity index (χ2v) is 23.8. The van der Waals surface area contributed by atoms with E-state index in [2.05, 4.69) is 106 Å². The van der Waals surface area contributed by atoms with Crippen LogP contribution in [0.15, 0.2) is 85.1 Å². The van der Waals surface area contributed by atoms with Gasteiger partial charge in [0.1, 0.15) is 13.2 Å². The summed E-state index contributed by atoms with van der Waals surface area (Å²) in [6, 6.07) is 0. The number of carbonyl (C=O) groups is 3. The van der Waals surface area contributed by atoms with Crippen LogP contribution in [0.2, 0.25) is 0 Å². The zero-order chi connectivity index (χ0) is 59.2. The summed E-state index contributed by atoms with van der Waals surface area (Å²) in [4.78, 5) is 38.3. The number of carbonyl (C=O) groups excluding carboxylic acids is 3. The number of rotatable bonds is 65. The fourth-order valence-electron chi connectivity index (χ4n) is 10.3. The highest BCUT2D eigenvalue weighted by molar-refractivity contribution is 5.71. The van der Waals surface area contributed by atoms with Crippen LogP contribution in [0.4, 0.5) is 0 Å². The van der Waals surface area contributed by atoms with Gasteiger partial charge in [0.15, 0.2) is 6.10 Å². The van der Waals surface area contributed by atoms with Gasteiger partial charge in [-0.1, -0.05) is 337 Å². The number of hydrogen-bond acceptors (Lipinski definition) is 6. The molecule has 0 aromatic rings. The average molecular weight is 1140 g/mol. The Labute approximate surface area is 509 Å². The Kier molecular flexibility index (Phi) is 67.2. The molecule has 0 saturated carbocycles. The minimum Gasteiger partial charge on any atom is -0.462 e. The Morgan fingerprint density at radius 3 is 0.780 bits per heavy atom. The smallest absolute Gasteiger partial charge is 0.306 e. The first-order valence-electron chi connectivity index (χ1n) is 35.6. The van der Waals surface area contributed by atoms with E-state index in [-0.39, 0.29) is 37.5 Å². The highest BCUT2D eigenvalue weighted by Gasteiger charge is 2.19. The van der Waals surface area contributed by atoms with Crippen LogP contribution in [0.25, 0.3) is 0 Å². The van der Waals surface area contributed by atoms with Crippen LogP contribution in [-0.2, 0) is 28.6 Å². The highest BCUT2D eigenvalue weighted by atomic mass is 16.6. The molecule has 0 aromatic carbocycles. The lowest BCUT2D eigenvalue weighted by Gasteiger charge is -2.18. The first-order chi connectivity index (χ1) is 40.5. The molecule has 6 nitrogen and oxygen atoms in total. The molecule has 0 aliphatic carbocycles. The van der Waals surface area contributed by atoms with Crippen LogP contribution in [0.5, 0.6) is 0 Å². The van der Waals surface area contributed by atoms with Crippen LogP contribution in [-0.4, -0.2) is 37.2 Å². The Balaban J connectivity index is 4.19. The SMILES string of the molecule is CC/C=C\C/C=C\C/C=C\C/C=C\C/C=C\CCCC(=O)OC(COC(=O)CCCCCCCCCCCCCCCC)COC(=O)CCCCCCCCCCCCCCCCCCCCCCC/C=C\C/C=C\CCCCCCC. The molecule has 1 unspecified atom stereocenters. The third-order valence-electron chi connectivity index (χ3n) is 15.6. The standard InChI is InChI=1S/C76H134O6/c1-4-7-10-13-16-19-22-25-28-30-31-32-33-34-35-36-37-38-39-40-41-42-43-44-45-47-48-51-54-57-60-63-66-69-75(78)81-72-73(71-80-74(77)68-65-62-59-56-53-50-27-24-21-18-15-12-9-6-3)82-76(79)70-67-64-61-58-55-52-49-46-29-26-23-20-17-14-11-8-5-2/h8,11,17,20,22,25-26,29-31,49,52,58,61,73H,4-7,9-10,12-16,18-19,21,23-24,27-28,32-48,50-51,53-57,59-60,62-72H2,1-3H3/b11-8-,20-17-,25-22-,29-26-,31-30-,52-49-,61-58-. The number of ether oxygens (including phenoxy) is 3. The monoisotopic (exact) mass is 1140 g/mol. The van der Waals surface area contributed by atoms with Crippen molar-refractivity contribution in [3.63, 3.8) is 0 Å². The Morgan fingerprint density at radius 1 is 0.256 bits per heavy atom. The molecule has 0 aliphatic heterocycles. The maximum atomic E-state index is 12.9. The van der Waals surface area contributed by atoms with Gasteiger partial charge in [0, 0.05) is 19.3 Å². The molecular formula is C76H134O6. The van der Waals surface area contributed by atoms with E-state index in [9.17, 15) is 14.4 Å².